The first-order valence-corrected chi connectivity index (χ1v) is 8.09. The van der Waals surface area contributed by atoms with Crippen molar-refractivity contribution in [2.75, 3.05) is 11.9 Å². The number of thioether (sulfide) groups is 1. The Hall–Kier alpha value is -2.59. The van der Waals surface area contributed by atoms with Crippen molar-refractivity contribution in [1.82, 2.24) is 0 Å². The molecule has 2 aromatic rings. The largest absolute Gasteiger partial charge is 0.338 e. The number of rotatable bonds is 1. The van der Waals surface area contributed by atoms with Crippen LogP contribution in [-0.4, -0.2) is 18.6 Å². The third kappa shape index (κ3) is 2.23. The zero-order chi connectivity index (χ0) is 16.0. The van der Waals surface area contributed by atoms with Crippen LogP contribution in [0.2, 0.25) is 0 Å². The van der Waals surface area contributed by atoms with Crippen molar-refractivity contribution < 1.29 is 9.59 Å². The van der Waals surface area contributed by atoms with E-state index in [1.54, 1.807) is 42.1 Å². The van der Waals surface area contributed by atoms with E-state index in [0.717, 1.165) is 15.6 Å². The number of allylic oxidation sites excluding steroid dienone is 3. The first-order valence-electron chi connectivity index (χ1n) is 7.27. The van der Waals surface area contributed by atoms with Crippen LogP contribution in [0, 0.1) is 0 Å². The molecule has 0 saturated carbocycles. The number of carbonyl (C=O) groups is 2. The van der Waals surface area contributed by atoms with Gasteiger partial charge < -0.3 is 4.90 Å². The highest BCUT2D eigenvalue weighted by Gasteiger charge is 2.27. The fourth-order valence-electron chi connectivity index (χ4n) is 2.82. The number of benzene rings is 2. The Balaban J connectivity index is 1.74. The number of hydrogen-bond donors (Lipinski definition) is 0. The van der Waals surface area contributed by atoms with Crippen LogP contribution in [0.4, 0.5) is 5.69 Å². The van der Waals surface area contributed by atoms with Gasteiger partial charge in [-0.2, -0.15) is 0 Å². The standard InChI is InChI=1S/C19H13NO2S/c1-20-15-8-4-5-9-17(15)23-18(20)11-12-10-16(21)13-6-2-3-7-14(13)19(12)22/h2-11H,1H3/b18-11-. The predicted molar refractivity (Wildman–Crippen MR) is 92.0 cm³/mol. The lowest BCUT2D eigenvalue weighted by Crippen LogP contribution is -2.17. The zero-order valence-electron chi connectivity index (χ0n) is 12.4. The minimum absolute atomic E-state index is 0.0994. The zero-order valence-corrected chi connectivity index (χ0v) is 13.3. The smallest absolute Gasteiger partial charge is 0.194 e. The van der Waals surface area contributed by atoms with E-state index >= 15 is 0 Å². The summed E-state index contributed by atoms with van der Waals surface area (Å²) in [5.41, 5.74) is 2.51. The third-order valence-corrected chi connectivity index (χ3v) is 5.20. The minimum atomic E-state index is -0.116. The highest BCUT2D eigenvalue weighted by Crippen LogP contribution is 2.45. The molecule has 112 valence electrons. The Morgan fingerprint density at radius 3 is 2.43 bits per heavy atom. The van der Waals surface area contributed by atoms with Gasteiger partial charge in [-0.25, -0.2) is 0 Å². The van der Waals surface area contributed by atoms with Crippen molar-refractivity contribution in [3.8, 4) is 0 Å². The van der Waals surface area contributed by atoms with Crippen LogP contribution >= 0.6 is 11.8 Å². The second-order valence-electron chi connectivity index (χ2n) is 5.45. The Labute approximate surface area is 138 Å². The van der Waals surface area contributed by atoms with Crippen molar-refractivity contribution in [2.24, 2.45) is 0 Å². The number of ketones is 2. The molecule has 0 N–H and O–H groups in total. The van der Waals surface area contributed by atoms with E-state index in [9.17, 15) is 9.59 Å². The van der Waals surface area contributed by atoms with Gasteiger partial charge in [-0.3, -0.25) is 9.59 Å². The lowest BCUT2D eigenvalue weighted by atomic mass is 9.89. The number of fused-ring (bicyclic) bond motifs is 2. The van der Waals surface area contributed by atoms with E-state index in [1.807, 2.05) is 30.1 Å². The highest BCUT2D eigenvalue weighted by molar-refractivity contribution is 8.03. The number of para-hydroxylation sites is 1. The van der Waals surface area contributed by atoms with E-state index in [4.69, 9.17) is 0 Å². The van der Waals surface area contributed by atoms with Crippen molar-refractivity contribution in [3.63, 3.8) is 0 Å². The van der Waals surface area contributed by atoms with Gasteiger partial charge in [0.15, 0.2) is 11.6 Å². The maximum Gasteiger partial charge on any atom is 0.194 e. The monoisotopic (exact) mass is 319 g/mol. The third-order valence-electron chi connectivity index (χ3n) is 4.04. The Kier molecular flexibility index (Phi) is 3.20. The normalized spacial score (nSPS) is 18.0. The van der Waals surface area contributed by atoms with Crippen LogP contribution in [0.3, 0.4) is 0 Å². The Morgan fingerprint density at radius 1 is 0.957 bits per heavy atom. The number of carbonyl (C=O) groups excluding carboxylic acids is 2. The van der Waals surface area contributed by atoms with E-state index in [-0.39, 0.29) is 11.6 Å². The van der Waals surface area contributed by atoms with Crippen LogP contribution in [0.5, 0.6) is 0 Å². The number of anilines is 1. The molecule has 0 spiro atoms. The van der Waals surface area contributed by atoms with Gasteiger partial charge in [-0.05, 0) is 24.3 Å². The maximum atomic E-state index is 12.6. The highest BCUT2D eigenvalue weighted by atomic mass is 32.2. The van der Waals surface area contributed by atoms with Crippen LogP contribution < -0.4 is 4.90 Å². The lowest BCUT2D eigenvalue weighted by Gasteiger charge is -2.16. The van der Waals surface area contributed by atoms with Gasteiger partial charge in [-0.1, -0.05) is 48.2 Å². The summed E-state index contributed by atoms with van der Waals surface area (Å²) in [6.07, 6.45) is 3.25. The molecule has 0 unspecified atom stereocenters. The second-order valence-corrected chi connectivity index (χ2v) is 6.51. The second kappa shape index (κ2) is 5.25. The summed E-state index contributed by atoms with van der Waals surface area (Å²) in [5.74, 6) is -0.215. The van der Waals surface area contributed by atoms with Crippen LogP contribution in [0.15, 0.2) is 76.2 Å². The minimum Gasteiger partial charge on any atom is -0.338 e. The predicted octanol–water partition coefficient (Wildman–Crippen LogP) is 4.08. The molecule has 0 fully saturated rings. The molecular weight excluding hydrogens is 306 g/mol. The number of Topliss-reactive ketones (excluding diaryl/α,β-unsaturated/α-hetero) is 1. The van der Waals surface area contributed by atoms with Crippen LogP contribution in [-0.2, 0) is 0 Å². The van der Waals surface area contributed by atoms with E-state index in [0.29, 0.717) is 16.7 Å². The SMILES string of the molecule is CN1/C(=C/C2=CC(=O)c3ccccc3C2=O)Sc2ccccc21. The Morgan fingerprint density at radius 2 is 1.65 bits per heavy atom. The summed E-state index contributed by atoms with van der Waals surface area (Å²) in [6.45, 7) is 0. The molecule has 0 atom stereocenters. The summed E-state index contributed by atoms with van der Waals surface area (Å²) < 4.78 is 0. The molecule has 0 aromatic heterocycles. The molecule has 2 aliphatic rings. The lowest BCUT2D eigenvalue weighted by molar-refractivity contribution is 0.0987. The number of hydrogen-bond acceptors (Lipinski definition) is 4. The quantitative estimate of drug-likeness (QED) is 0.794. The molecule has 0 amide bonds. The first-order chi connectivity index (χ1) is 11.1. The summed E-state index contributed by atoms with van der Waals surface area (Å²) >= 11 is 1.61. The van der Waals surface area contributed by atoms with Gasteiger partial charge in [0.1, 0.15) is 0 Å². The first kappa shape index (κ1) is 14.0. The number of nitrogens with zero attached hydrogens (tertiary/aromatic N) is 1. The maximum absolute atomic E-state index is 12.6. The molecule has 1 aliphatic carbocycles. The average molecular weight is 319 g/mol. The van der Waals surface area contributed by atoms with Crippen molar-refractivity contribution in [1.29, 1.82) is 0 Å². The fourth-order valence-corrected chi connectivity index (χ4v) is 3.93. The summed E-state index contributed by atoms with van der Waals surface area (Å²) in [7, 11) is 1.97. The van der Waals surface area contributed by atoms with E-state index in [1.165, 1.54) is 6.08 Å². The summed E-state index contributed by atoms with van der Waals surface area (Å²) in [6, 6.07) is 15.0. The molecule has 0 bridgehead atoms. The van der Waals surface area contributed by atoms with Gasteiger partial charge in [0.05, 0.1) is 10.7 Å². The molecule has 0 saturated heterocycles. The molecule has 2 aromatic carbocycles. The molecule has 4 heteroatoms. The summed E-state index contributed by atoms with van der Waals surface area (Å²) in [5, 5.41) is 0.943. The molecule has 3 nitrogen and oxygen atoms in total. The van der Waals surface area contributed by atoms with Crippen molar-refractivity contribution in [3.05, 3.63) is 82.4 Å². The van der Waals surface area contributed by atoms with E-state index < -0.39 is 0 Å². The van der Waals surface area contributed by atoms with Gasteiger partial charge in [0.2, 0.25) is 0 Å². The molecule has 4 rings (SSSR count). The molecule has 1 heterocycles. The fraction of sp³-hybridized carbons (Fsp3) is 0.0526. The van der Waals surface area contributed by atoms with Crippen LogP contribution in [0.25, 0.3) is 0 Å². The molecule has 1 aliphatic heterocycles. The molecule has 23 heavy (non-hydrogen) atoms. The Bertz CT molecular complexity index is 911. The molecular formula is C19H13NO2S. The topological polar surface area (TPSA) is 37.4 Å². The van der Waals surface area contributed by atoms with Gasteiger partial charge in [-0.15, -0.1) is 0 Å². The van der Waals surface area contributed by atoms with Crippen molar-refractivity contribution in [2.45, 2.75) is 4.90 Å². The van der Waals surface area contributed by atoms with Crippen LogP contribution in [0.1, 0.15) is 20.7 Å². The summed E-state index contributed by atoms with van der Waals surface area (Å²) in [4.78, 5) is 28.1. The van der Waals surface area contributed by atoms with Crippen molar-refractivity contribution >= 4 is 29.0 Å². The van der Waals surface area contributed by atoms with Gasteiger partial charge in [0, 0.05) is 28.6 Å². The van der Waals surface area contributed by atoms with E-state index in [2.05, 4.69) is 6.07 Å². The average Bonchev–Trinajstić information content (AvgIpc) is 2.89. The van der Waals surface area contributed by atoms with Gasteiger partial charge >= 0.3 is 0 Å². The van der Waals surface area contributed by atoms with Gasteiger partial charge in [0.25, 0.3) is 0 Å². The molecule has 0 radical (unpaired) electrons.